The highest BCUT2D eigenvalue weighted by Gasteiger charge is 2.32. The van der Waals surface area contributed by atoms with Crippen LogP contribution in [0, 0.1) is 5.82 Å². The number of urea groups is 1. The molecule has 1 saturated heterocycles. The lowest BCUT2D eigenvalue weighted by Crippen LogP contribution is -2.52. The minimum absolute atomic E-state index is 0.0556. The highest BCUT2D eigenvalue weighted by molar-refractivity contribution is 7.89. The molecule has 3 rings (SSSR count). The Kier molecular flexibility index (Phi) is 11.5. The molecule has 9 nitrogen and oxygen atoms in total. The van der Waals surface area contributed by atoms with Crippen molar-refractivity contribution < 1.29 is 27.1 Å². The van der Waals surface area contributed by atoms with E-state index < -0.39 is 15.8 Å². The fourth-order valence-corrected chi connectivity index (χ4v) is 6.06. The molecule has 1 N–H and O–H groups in total. The number of amides is 3. The average Bonchev–Trinajstić information content (AvgIpc) is 2.90. The van der Waals surface area contributed by atoms with Gasteiger partial charge in [-0.3, -0.25) is 4.79 Å². The van der Waals surface area contributed by atoms with Gasteiger partial charge in [0.1, 0.15) is 5.82 Å². The van der Waals surface area contributed by atoms with Crippen LogP contribution in [0.4, 0.5) is 14.9 Å². The summed E-state index contributed by atoms with van der Waals surface area (Å²) in [6, 6.07) is 12.3. The zero-order valence-corrected chi connectivity index (χ0v) is 23.9. The molecule has 1 aliphatic rings. The molecule has 2 aromatic rings. The maximum atomic E-state index is 13.7. The van der Waals surface area contributed by atoms with Gasteiger partial charge in [-0.25, -0.2) is 17.6 Å². The third-order valence-electron chi connectivity index (χ3n) is 6.57. The molecule has 1 fully saturated rings. The number of nitrogens with one attached hydrogen (secondary N) is 1. The second kappa shape index (κ2) is 14.6. The fourth-order valence-electron chi connectivity index (χ4n) is 4.50. The number of hydrogen-bond donors (Lipinski definition) is 1. The maximum absolute atomic E-state index is 13.7. The van der Waals surface area contributed by atoms with Crippen LogP contribution in [-0.4, -0.2) is 86.2 Å². The van der Waals surface area contributed by atoms with Gasteiger partial charge in [-0.05, 0) is 55.2 Å². The quantitative estimate of drug-likeness (QED) is 0.404. The van der Waals surface area contributed by atoms with Crippen molar-refractivity contribution in [1.82, 2.24) is 14.1 Å². The summed E-state index contributed by atoms with van der Waals surface area (Å²) in [5.74, 6) is -0.813. The Balaban J connectivity index is 1.73. The van der Waals surface area contributed by atoms with Gasteiger partial charge in [0.05, 0.1) is 18.9 Å². The Hall–Kier alpha value is -2.73. The van der Waals surface area contributed by atoms with Gasteiger partial charge < -0.3 is 19.9 Å². The lowest BCUT2D eigenvalue weighted by atomic mass is 10.0. The third kappa shape index (κ3) is 9.16. The molecule has 1 aliphatic heterocycles. The van der Waals surface area contributed by atoms with Crippen LogP contribution >= 0.6 is 11.6 Å². The van der Waals surface area contributed by atoms with E-state index in [4.69, 9.17) is 16.3 Å². The van der Waals surface area contributed by atoms with E-state index in [-0.39, 0.29) is 50.0 Å². The molecule has 0 aromatic heterocycles. The number of likely N-dealkylation sites (tertiary alicyclic amines) is 1. The first kappa shape index (κ1) is 30.8. The zero-order chi connectivity index (χ0) is 28.4. The summed E-state index contributed by atoms with van der Waals surface area (Å²) in [6.45, 7) is 2.79. The van der Waals surface area contributed by atoms with Crippen LogP contribution in [0.5, 0.6) is 0 Å². The molecule has 1 heterocycles. The number of sulfonamides is 1. The highest BCUT2D eigenvalue weighted by atomic mass is 35.5. The lowest BCUT2D eigenvalue weighted by molar-refractivity contribution is -0.135. The van der Waals surface area contributed by atoms with Gasteiger partial charge in [0.25, 0.3) is 0 Å². The Morgan fingerprint density at radius 3 is 2.46 bits per heavy atom. The standard InChI is InChI=1S/C27H36ClFN4O5S/c1-3-17-39(36,37)32(15-16-38-2)20-26(34)33(19-21-7-9-22(28)10-8-21)25-11-13-31(14-12-25)27(35)30-24-6-4-5-23(29)18-24/h4-10,18,25H,3,11-17,19-20H2,1-2H3,(H,30,35). The van der Waals surface area contributed by atoms with Crippen molar-refractivity contribution in [2.24, 2.45) is 0 Å². The predicted octanol–water partition coefficient (Wildman–Crippen LogP) is 4.19. The maximum Gasteiger partial charge on any atom is 0.321 e. The van der Waals surface area contributed by atoms with Crippen LogP contribution < -0.4 is 5.32 Å². The van der Waals surface area contributed by atoms with Gasteiger partial charge in [0.2, 0.25) is 15.9 Å². The summed E-state index contributed by atoms with van der Waals surface area (Å²) < 4.78 is 45.5. The number of carbonyl (C=O) groups is 2. The lowest BCUT2D eigenvalue weighted by Gasteiger charge is -2.39. The monoisotopic (exact) mass is 582 g/mol. The Morgan fingerprint density at radius 1 is 1.15 bits per heavy atom. The number of benzene rings is 2. The van der Waals surface area contributed by atoms with E-state index in [9.17, 15) is 22.4 Å². The Morgan fingerprint density at radius 2 is 1.85 bits per heavy atom. The fraction of sp³-hybridized carbons (Fsp3) is 0.481. The molecule has 0 bridgehead atoms. The molecule has 39 heavy (non-hydrogen) atoms. The minimum Gasteiger partial charge on any atom is -0.383 e. The van der Waals surface area contributed by atoms with Crippen molar-refractivity contribution in [2.75, 3.05) is 51.0 Å². The van der Waals surface area contributed by atoms with Gasteiger partial charge >= 0.3 is 6.03 Å². The van der Waals surface area contributed by atoms with E-state index in [2.05, 4.69) is 5.32 Å². The molecule has 12 heteroatoms. The molecular formula is C27H36ClFN4O5S. The van der Waals surface area contributed by atoms with Crippen LogP contribution in [0.2, 0.25) is 5.02 Å². The zero-order valence-electron chi connectivity index (χ0n) is 22.3. The van der Waals surface area contributed by atoms with Gasteiger partial charge in [-0.1, -0.05) is 36.7 Å². The second-order valence-electron chi connectivity index (χ2n) is 9.45. The molecular weight excluding hydrogens is 547 g/mol. The van der Waals surface area contributed by atoms with Crippen molar-refractivity contribution in [2.45, 2.75) is 38.8 Å². The third-order valence-corrected chi connectivity index (χ3v) is 8.84. The van der Waals surface area contributed by atoms with E-state index >= 15 is 0 Å². The average molecular weight is 583 g/mol. The molecule has 0 saturated carbocycles. The van der Waals surface area contributed by atoms with Crippen molar-refractivity contribution in [3.8, 4) is 0 Å². The van der Waals surface area contributed by atoms with E-state index in [0.29, 0.717) is 43.1 Å². The SMILES string of the molecule is CCCS(=O)(=O)N(CCOC)CC(=O)N(Cc1ccc(Cl)cc1)C1CCN(C(=O)Nc2cccc(F)c2)CC1. The van der Waals surface area contributed by atoms with E-state index in [1.807, 2.05) is 12.1 Å². The van der Waals surface area contributed by atoms with Crippen molar-refractivity contribution in [3.05, 3.63) is 64.9 Å². The van der Waals surface area contributed by atoms with Crippen LogP contribution in [0.3, 0.4) is 0 Å². The van der Waals surface area contributed by atoms with Gasteiger partial charge in [0.15, 0.2) is 0 Å². The number of methoxy groups -OCH3 is 1. The topological polar surface area (TPSA) is 99.3 Å². The molecule has 0 aliphatic carbocycles. The molecule has 214 valence electrons. The second-order valence-corrected chi connectivity index (χ2v) is 12.0. The van der Waals surface area contributed by atoms with E-state index in [0.717, 1.165) is 5.56 Å². The number of carbonyl (C=O) groups excluding carboxylic acids is 2. The summed E-state index contributed by atoms with van der Waals surface area (Å²) in [4.78, 5) is 29.7. The van der Waals surface area contributed by atoms with Gasteiger partial charge in [-0.15, -0.1) is 0 Å². The van der Waals surface area contributed by atoms with E-state index in [1.54, 1.807) is 34.9 Å². The number of rotatable bonds is 12. The predicted molar refractivity (Wildman–Crippen MR) is 150 cm³/mol. The van der Waals surface area contributed by atoms with Crippen molar-refractivity contribution in [1.29, 1.82) is 0 Å². The molecule has 2 aromatic carbocycles. The Labute approximate surface area is 234 Å². The normalized spacial score (nSPS) is 14.4. The molecule has 0 spiro atoms. The summed E-state index contributed by atoms with van der Waals surface area (Å²) in [6.07, 6.45) is 1.45. The highest BCUT2D eigenvalue weighted by Crippen LogP contribution is 2.22. The number of nitrogens with zero attached hydrogens (tertiary/aromatic N) is 3. The van der Waals surface area contributed by atoms with Crippen LogP contribution in [0.25, 0.3) is 0 Å². The van der Waals surface area contributed by atoms with Crippen molar-refractivity contribution in [3.63, 3.8) is 0 Å². The van der Waals surface area contributed by atoms with E-state index in [1.165, 1.54) is 29.6 Å². The number of hydrogen-bond acceptors (Lipinski definition) is 5. The first-order valence-corrected chi connectivity index (χ1v) is 14.9. The van der Waals surface area contributed by atoms with Crippen LogP contribution in [-0.2, 0) is 26.1 Å². The molecule has 0 atom stereocenters. The van der Waals surface area contributed by atoms with Gasteiger partial charge in [0, 0.05) is 50.0 Å². The first-order chi connectivity index (χ1) is 18.6. The first-order valence-electron chi connectivity index (χ1n) is 12.9. The van der Waals surface area contributed by atoms with Crippen LogP contribution in [0.15, 0.2) is 48.5 Å². The number of halogens is 2. The minimum atomic E-state index is -3.63. The van der Waals surface area contributed by atoms with Crippen LogP contribution in [0.1, 0.15) is 31.7 Å². The summed E-state index contributed by atoms with van der Waals surface area (Å²) in [7, 11) is -2.15. The number of ether oxygens (including phenoxy) is 1. The Bertz CT molecular complexity index is 1210. The molecule has 0 unspecified atom stereocenters. The smallest absolute Gasteiger partial charge is 0.321 e. The summed E-state index contributed by atoms with van der Waals surface area (Å²) in [5.41, 5.74) is 1.23. The van der Waals surface area contributed by atoms with Gasteiger partial charge in [-0.2, -0.15) is 4.31 Å². The summed E-state index contributed by atoms with van der Waals surface area (Å²) in [5, 5.41) is 3.28. The number of anilines is 1. The summed E-state index contributed by atoms with van der Waals surface area (Å²) >= 11 is 6.04. The van der Waals surface area contributed by atoms with Crippen molar-refractivity contribution >= 4 is 39.2 Å². The largest absolute Gasteiger partial charge is 0.383 e. The molecule has 0 radical (unpaired) electrons. The number of piperidine rings is 1. The molecule has 3 amide bonds.